The minimum atomic E-state index is -0.359. The molecule has 0 amide bonds. The fourth-order valence-corrected chi connectivity index (χ4v) is 2.01. The van der Waals surface area contributed by atoms with Crippen molar-refractivity contribution in [3.63, 3.8) is 0 Å². The van der Waals surface area contributed by atoms with Crippen LogP contribution in [0.15, 0.2) is 0 Å². The molecule has 1 aliphatic rings. The van der Waals surface area contributed by atoms with Crippen LogP contribution >= 0.6 is 0 Å². The average Bonchev–Trinajstić information content (AvgIpc) is 2.05. The Morgan fingerprint density at radius 3 is 2.27 bits per heavy atom. The molecule has 3 nitrogen and oxygen atoms in total. The van der Waals surface area contributed by atoms with E-state index >= 15 is 0 Å². The van der Waals surface area contributed by atoms with Gasteiger partial charge in [-0.05, 0) is 52.4 Å². The van der Waals surface area contributed by atoms with Gasteiger partial charge in [-0.2, -0.15) is 0 Å². The number of carbonyl (C=O) groups is 1. The van der Waals surface area contributed by atoms with Crippen LogP contribution < -0.4 is 5.73 Å². The van der Waals surface area contributed by atoms with Crippen molar-refractivity contribution in [2.45, 2.75) is 64.5 Å². The molecule has 0 bridgehead atoms. The van der Waals surface area contributed by atoms with Crippen LogP contribution in [0.25, 0.3) is 0 Å². The molecule has 0 saturated heterocycles. The molecule has 1 saturated carbocycles. The highest BCUT2D eigenvalue weighted by Crippen LogP contribution is 2.26. The Hall–Kier alpha value is -0.570. The number of carbonyl (C=O) groups excluding carboxylic acids is 1. The second-order valence-electron chi connectivity index (χ2n) is 5.57. The predicted molar refractivity (Wildman–Crippen MR) is 60.4 cm³/mol. The molecule has 1 rings (SSSR count). The summed E-state index contributed by atoms with van der Waals surface area (Å²) in [5.41, 5.74) is 5.45. The molecule has 0 aromatic rings. The Labute approximate surface area is 92.4 Å². The van der Waals surface area contributed by atoms with E-state index in [4.69, 9.17) is 10.5 Å². The summed E-state index contributed by atoms with van der Waals surface area (Å²) >= 11 is 0. The molecule has 0 atom stereocenters. The molecular weight excluding hydrogens is 190 g/mol. The minimum Gasteiger partial charge on any atom is -0.460 e. The van der Waals surface area contributed by atoms with Crippen LogP contribution in [0.2, 0.25) is 0 Å². The first-order chi connectivity index (χ1) is 6.87. The van der Waals surface area contributed by atoms with Gasteiger partial charge in [0.25, 0.3) is 0 Å². The van der Waals surface area contributed by atoms with Crippen molar-refractivity contribution in [2.24, 2.45) is 11.7 Å². The second kappa shape index (κ2) is 4.97. The first-order valence-corrected chi connectivity index (χ1v) is 5.84. The molecule has 2 N–H and O–H groups in total. The van der Waals surface area contributed by atoms with Gasteiger partial charge in [0.2, 0.25) is 0 Å². The fraction of sp³-hybridized carbons (Fsp3) is 0.917. The molecule has 1 aliphatic carbocycles. The highest BCUT2D eigenvalue weighted by molar-refractivity contribution is 5.70. The lowest BCUT2D eigenvalue weighted by Gasteiger charge is -2.27. The predicted octanol–water partition coefficient (Wildman–Crippen LogP) is 2.24. The highest BCUT2D eigenvalue weighted by Gasteiger charge is 2.23. The van der Waals surface area contributed by atoms with E-state index in [1.807, 2.05) is 20.8 Å². The van der Waals surface area contributed by atoms with Gasteiger partial charge in [-0.25, -0.2) is 0 Å². The molecule has 0 heterocycles. The standard InChI is InChI=1S/C12H23NO2/c1-12(2,3)15-11(14)8-9-4-6-10(13)7-5-9/h9-10H,4-8,13H2,1-3H3/t9-,10-. The molecule has 88 valence electrons. The first kappa shape index (κ1) is 12.5. The Balaban J connectivity index is 2.27. The maximum atomic E-state index is 11.6. The van der Waals surface area contributed by atoms with Gasteiger partial charge < -0.3 is 10.5 Å². The van der Waals surface area contributed by atoms with Crippen molar-refractivity contribution in [1.29, 1.82) is 0 Å². The number of hydrogen-bond acceptors (Lipinski definition) is 3. The number of nitrogens with two attached hydrogens (primary N) is 1. The topological polar surface area (TPSA) is 52.3 Å². The zero-order chi connectivity index (χ0) is 11.5. The van der Waals surface area contributed by atoms with Crippen molar-refractivity contribution in [1.82, 2.24) is 0 Å². The maximum absolute atomic E-state index is 11.6. The van der Waals surface area contributed by atoms with Crippen LogP contribution in [0.3, 0.4) is 0 Å². The Kier molecular flexibility index (Phi) is 4.14. The molecule has 0 spiro atoms. The summed E-state index contributed by atoms with van der Waals surface area (Å²) in [5.74, 6) is 0.419. The van der Waals surface area contributed by atoms with Gasteiger partial charge in [-0.3, -0.25) is 4.79 Å². The van der Waals surface area contributed by atoms with Gasteiger partial charge in [-0.1, -0.05) is 0 Å². The van der Waals surface area contributed by atoms with Gasteiger partial charge in [0, 0.05) is 12.5 Å². The quantitative estimate of drug-likeness (QED) is 0.716. The summed E-state index contributed by atoms with van der Waals surface area (Å²) in [7, 11) is 0. The fourth-order valence-electron chi connectivity index (χ4n) is 2.01. The zero-order valence-electron chi connectivity index (χ0n) is 10.1. The number of ether oxygens (including phenoxy) is 1. The highest BCUT2D eigenvalue weighted by atomic mass is 16.6. The Morgan fingerprint density at radius 1 is 1.27 bits per heavy atom. The van der Waals surface area contributed by atoms with E-state index in [1.54, 1.807) is 0 Å². The molecule has 0 aromatic heterocycles. The van der Waals surface area contributed by atoms with Gasteiger partial charge >= 0.3 is 5.97 Å². The van der Waals surface area contributed by atoms with Crippen LogP contribution in [-0.2, 0) is 9.53 Å². The molecule has 0 unspecified atom stereocenters. The van der Waals surface area contributed by atoms with E-state index in [-0.39, 0.29) is 11.6 Å². The summed E-state index contributed by atoms with van der Waals surface area (Å²) < 4.78 is 5.30. The Morgan fingerprint density at radius 2 is 1.80 bits per heavy atom. The van der Waals surface area contributed by atoms with Gasteiger partial charge in [0.05, 0.1) is 0 Å². The normalized spacial score (nSPS) is 27.5. The molecule has 3 heteroatoms. The largest absolute Gasteiger partial charge is 0.460 e. The number of esters is 1. The van der Waals surface area contributed by atoms with Crippen LogP contribution in [0.4, 0.5) is 0 Å². The van der Waals surface area contributed by atoms with Gasteiger partial charge in [0.15, 0.2) is 0 Å². The average molecular weight is 213 g/mol. The minimum absolute atomic E-state index is 0.0667. The first-order valence-electron chi connectivity index (χ1n) is 5.84. The summed E-state index contributed by atoms with van der Waals surface area (Å²) in [5, 5.41) is 0. The van der Waals surface area contributed by atoms with Crippen molar-refractivity contribution < 1.29 is 9.53 Å². The molecular formula is C12H23NO2. The third-order valence-electron chi connectivity index (χ3n) is 2.77. The number of rotatable bonds is 2. The lowest BCUT2D eigenvalue weighted by atomic mass is 9.84. The smallest absolute Gasteiger partial charge is 0.306 e. The third-order valence-corrected chi connectivity index (χ3v) is 2.77. The van der Waals surface area contributed by atoms with E-state index in [0.717, 1.165) is 25.7 Å². The zero-order valence-corrected chi connectivity index (χ0v) is 10.1. The summed E-state index contributed by atoms with van der Waals surface area (Å²) in [4.78, 5) is 11.6. The summed E-state index contributed by atoms with van der Waals surface area (Å²) in [6, 6.07) is 0.347. The molecule has 15 heavy (non-hydrogen) atoms. The van der Waals surface area contributed by atoms with Crippen molar-refractivity contribution in [3.8, 4) is 0 Å². The van der Waals surface area contributed by atoms with E-state index in [1.165, 1.54) is 0 Å². The summed E-state index contributed by atoms with van der Waals surface area (Å²) in [6.07, 6.45) is 4.80. The lowest BCUT2D eigenvalue weighted by Crippen LogP contribution is -2.29. The SMILES string of the molecule is CC(C)(C)OC(=O)C[C@H]1CC[C@H](N)CC1. The van der Waals surface area contributed by atoms with E-state index < -0.39 is 0 Å². The van der Waals surface area contributed by atoms with Crippen molar-refractivity contribution in [2.75, 3.05) is 0 Å². The second-order valence-corrected chi connectivity index (χ2v) is 5.57. The van der Waals surface area contributed by atoms with Gasteiger partial charge in [0.1, 0.15) is 5.60 Å². The van der Waals surface area contributed by atoms with Crippen LogP contribution in [-0.4, -0.2) is 17.6 Å². The molecule has 0 radical (unpaired) electrons. The molecule has 1 fully saturated rings. The van der Waals surface area contributed by atoms with Crippen molar-refractivity contribution in [3.05, 3.63) is 0 Å². The molecule has 0 aromatic carbocycles. The maximum Gasteiger partial charge on any atom is 0.306 e. The van der Waals surface area contributed by atoms with E-state index in [2.05, 4.69) is 0 Å². The van der Waals surface area contributed by atoms with Crippen LogP contribution in [0, 0.1) is 5.92 Å². The number of hydrogen-bond donors (Lipinski definition) is 1. The van der Waals surface area contributed by atoms with Crippen LogP contribution in [0.1, 0.15) is 52.9 Å². The lowest BCUT2D eigenvalue weighted by molar-refractivity contribution is -0.156. The Bertz CT molecular complexity index is 212. The third kappa shape index (κ3) is 5.17. The van der Waals surface area contributed by atoms with Crippen LogP contribution in [0.5, 0.6) is 0 Å². The summed E-state index contributed by atoms with van der Waals surface area (Å²) in [6.45, 7) is 5.71. The van der Waals surface area contributed by atoms with E-state index in [0.29, 0.717) is 18.4 Å². The van der Waals surface area contributed by atoms with E-state index in [9.17, 15) is 4.79 Å². The monoisotopic (exact) mass is 213 g/mol. The molecule has 0 aliphatic heterocycles. The van der Waals surface area contributed by atoms with Crippen molar-refractivity contribution >= 4 is 5.97 Å². The van der Waals surface area contributed by atoms with Gasteiger partial charge in [-0.15, -0.1) is 0 Å².